The molecule has 3 rings (SSSR count). The third kappa shape index (κ3) is 3.19. The number of nitrogens with one attached hydrogen (secondary N) is 1. The summed E-state index contributed by atoms with van der Waals surface area (Å²) in [6.07, 6.45) is 1.10. The Balaban J connectivity index is 1.81. The van der Waals surface area contributed by atoms with Crippen LogP contribution in [-0.4, -0.2) is 34.5 Å². The molecule has 0 aliphatic carbocycles. The Morgan fingerprint density at radius 1 is 1.29 bits per heavy atom. The smallest absolute Gasteiger partial charge is 0.146 e. The Morgan fingerprint density at radius 2 is 2.05 bits per heavy atom. The summed E-state index contributed by atoms with van der Waals surface area (Å²) in [5, 5.41) is 6.69. The van der Waals surface area contributed by atoms with Crippen LogP contribution in [0.2, 0.25) is 0 Å². The first-order chi connectivity index (χ1) is 10.2. The summed E-state index contributed by atoms with van der Waals surface area (Å²) >= 11 is 1.70. The molecule has 1 N–H and O–H groups in total. The molecule has 0 aromatic carbocycles. The lowest BCUT2D eigenvalue weighted by atomic mass is 10.0. The highest BCUT2D eigenvalue weighted by atomic mass is 32.1. The van der Waals surface area contributed by atoms with Crippen LogP contribution in [0, 0.1) is 11.8 Å². The minimum atomic E-state index is 0.771. The lowest BCUT2D eigenvalue weighted by molar-refractivity contribution is 0.308. The van der Waals surface area contributed by atoms with Crippen molar-refractivity contribution in [3.8, 4) is 0 Å². The number of fused-ring (bicyclic) bond motifs is 1. The average molecular weight is 304 g/mol. The summed E-state index contributed by atoms with van der Waals surface area (Å²) in [6.45, 7) is 11.0. The molecule has 4 nitrogen and oxygen atoms in total. The lowest BCUT2D eigenvalue weighted by Crippen LogP contribution is -2.22. The van der Waals surface area contributed by atoms with E-state index in [0.717, 1.165) is 66.3 Å². The molecule has 0 radical (unpaired) electrons. The summed E-state index contributed by atoms with van der Waals surface area (Å²) in [4.78, 5) is 13.1. The molecule has 21 heavy (non-hydrogen) atoms. The van der Waals surface area contributed by atoms with Crippen LogP contribution in [0.5, 0.6) is 0 Å². The molecular weight excluding hydrogens is 280 g/mol. The van der Waals surface area contributed by atoms with Crippen molar-refractivity contribution < 1.29 is 0 Å². The maximum atomic E-state index is 4.77. The minimum absolute atomic E-state index is 0.771. The van der Waals surface area contributed by atoms with E-state index in [-0.39, 0.29) is 0 Å². The number of hydrogen-bond donors (Lipinski definition) is 1. The zero-order valence-electron chi connectivity index (χ0n) is 13.1. The van der Waals surface area contributed by atoms with Crippen LogP contribution >= 0.6 is 11.3 Å². The van der Waals surface area contributed by atoms with Crippen molar-refractivity contribution in [2.24, 2.45) is 11.8 Å². The SMILES string of the molecule is CCCNc1nc(CN2CC(C)C(C)C2)nc2sccc12. The number of rotatable bonds is 5. The molecule has 5 heteroatoms. The summed E-state index contributed by atoms with van der Waals surface area (Å²) < 4.78 is 0. The number of nitrogens with zero attached hydrogens (tertiary/aromatic N) is 3. The van der Waals surface area contributed by atoms with E-state index in [1.165, 1.54) is 0 Å². The van der Waals surface area contributed by atoms with Gasteiger partial charge in [0.05, 0.1) is 11.9 Å². The Kier molecular flexibility index (Phi) is 4.40. The van der Waals surface area contributed by atoms with Crippen molar-refractivity contribution >= 4 is 27.4 Å². The number of hydrogen-bond acceptors (Lipinski definition) is 5. The highest BCUT2D eigenvalue weighted by Gasteiger charge is 2.26. The van der Waals surface area contributed by atoms with Crippen molar-refractivity contribution in [2.45, 2.75) is 33.7 Å². The van der Waals surface area contributed by atoms with E-state index in [0.29, 0.717) is 0 Å². The largest absolute Gasteiger partial charge is 0.369 e. The summed E-state index contributed by atoms with van der Waals surface area (Å²) in [5.41, 5.74) is 0. The van der Waals surface area contributed by atoms with Gasteiger partial charge in [-0.15, -0.1) is 11.3 Å². The average Bonchev–Trinajstić information content (AvgIpc) is 3.03. The maximum absolute atomic E-state index is 4.77. The predicted molar refractivity (Wildman–Crippen MR) is 89.8 cm³/mol. The standard InChI is InChI=1S/C16H24N4S/c1-4-6-17-15-13-5-7-21-16(13)19-14(18-15)10-20-8-11(2)12(3)9-20/h5,7,11-12H,4,6,8-10H2,1-3H3,(H,17,18,19). The molecule has 2 atom stereocenters. The van der Waals surface area contributed by atoms with Gasteiger partial charge in [0.2, 0.25) is 0 Å². The van der Waals surface area contributed by atoms with Crippen molar-refractivity contribution in [1.29, 1.82) is 0 Å². The molecule has 2 unspecified atom stereocenters. The van der Waals surface area contributed by atoms with E-state index < -0.39 is 0 Å². The molecular formula is C16H24N4S. The van der Waals surface area contributed by atoms with Crippen LogP contribution in [0.4, 0.5) is 5.82 Å². The predicted octanol–water partition coefficient (Wildman–Crippen LogP) is 3.60. The topological polar surface area (TPSA) is 41.1 Å². The Labute approximate surface area is 130 Å². The molecule has 1 aliphatic rings. The van der Waals surface area contributed by atoms with Crippen LogP contribution in [0.25, 0.3) is 10.2 Å². The van der Waals surface area contributed by atoms with Gasteiger partial charge in [0.25, 0.3) is 0 Å². The second kappa shape index (κ2) is 6.28. The molecule has 114 valence electrons. The van der Waals surface area contributed by atoms with Crippen LogP contribution in [0.15, 0.2) is 11.4 Å². The Hall–Kier alpha value is -1.20. The molecule has 0 saturated carbocycles. The van der Waals surface area contributed by atoms with Gasteiger partial charge in [-0.05, 0) is 29.7 Å². The van der Waals surface area contributed by atoms with E-state index in [4.69, 9.17) is 9.97 Å². The van der Waals surface area contributed by atoms with Crippen molar-refractivity contribution in [3.63, 3.8) is 0 Å². The first-order valence-electron chi connectivity index (χ1n) is 7.87. The number of thiophene rings is 1. The number of anilines is 1. The monoisotopic (exact) mass is 304 g/mol. The molecule has 1 saturated heterocycles. The van der Waals surface area contributed by atoms with Gasteiger partial charge < -0.3 is 5.32 Å². The van der Waals surface area contributed by atoms with Gasteiger partial charge in [-0.2, -0.15) is 0 Å². The van der Waals surface area contributed by atoms with Gasteiger partial charge in [-0.3, -0.25) is 4.90 Å². The zero-order valence-corrected chi connectivity index (χ0v) is 13.9. The highest BCUT2D eigenvalue weighted by Crippen LogP contribution is 2.27. The van der Waals surface area contributed by atoms with E-state index >= 15 is 0 Å². The quantitative estimate of drug-likeness (QED) is 0.916. The molecule has 3 heterocycles. The summed E-state index contributed by atoms with van der Waals surface area (Å²) in [6, 6.07) is 2.11. The molecule has 0 amide bonds. The minimum Gasteiger partial charge on any atom is -0.369 e. The fourth-order valence-electron chi connectivity index (χ4n) is 2.93. The summed E-state index contributed by atoms with van der Waals surface area (Å²) in [7, 11) is 0. The first kappa shape index (κ1) is 14.7. The van der Waals surface area contributed by atoms with Gasteiger partial charge in [-0.25, -0.2) is 9.97 Å². The maximum Gasteiger partial charge on any atom is 0.146 e. The fourth-order valence-corrected chi connectivity index (χ4v) is 3.71. The van der Waals surface area contributed by atoms with Crippen molar-refractivity contribution in [1.82, 2.24) is 14.9 Å². The van der Waals surface area contributed by atoms with Crippen LogP contribution in [-0.2, 0) is 6.54 Å². The van der Waals surface area contributed by atoms with Gasteiger partial charge in [0.15, 0.2) is 0 Å². The van der Waals surface area contributed by atoms with Gasteiger partial charge in [-0.1, -0.05) is 20.8 Å². The normalized spacial score (nSPS) is 23.0. The lowest BCUT2D eigenvalue weighted by Gasteiger charge is -2.15. The zero-order chi connectivity index (χ0) is 14.8. The van der Waals surface area contributed by atoms with Gasteiger partial charge in [0, 0.05) is 19.6 Å². The Morgan fingerprint density at radius 3 is 2.76 bits per heavy atom. The third-order valence-corrected chi connectivity index (χ3v) is 5.15. The van der Waals surface area contributed by atoms with Crippen molar-refractivity contribution in [3.05, 3.63) is 17.3 Å². The van der Waals surface area contributed by atoms with Gasteiger partial charge in [0.1, 0.15) is 16.5 Å². The van der Waals surface area contributed by atoms with Crippen LogP contribution < -0.4 is 5.32 Å². The second-order valence-corrected chi connectivity index (χ2v) is 7.10. The van der Waals surface area contributed by atoms with Crippen molar-refractivity contribution in [2.75, 3.05) is 25.0 Å². The van der Waals surface area contributed by atoms with Gasteiger partial charge >= 0.3 is 0 Å². The molecule has 1 fully saturated rings. The van der Waals surface area contributed by atoms with E-state index in [1.54, 1.807) is 11.3 Å². The third-order valence-electron chi connectivity index (χ3n) is 4.34. The second-order valence-electron chi connectivity index (χ2n) is 6.20. The van der Waals surface area contributed by atoms with E-state index in [2.05, 4.69) is 42.4 Å². The Bertz CT molecular complexity index is 599. The fraction of sp³-hybridized carbons (Fsp3) is 0.625. The molecule has 2 aromatic rings. The number of aromatic nitrogens is 2. The molecule has 0 spiro atoms. The van der Waals surface area contributed by atoms with E-state index in [1.807, 2.05) is 0 Å². The highest BCUT2D eigenvalue weighted by molar-refractivity contribution is 7.16. The number of likely N-dealkylation sites (tertiary alicyclic amines) is 1. The first-order valence-corrected chi connectivity index (χ1v) is 8.75. The molecule has 0 bridgehead atoms. The van der Waals surface area contributed by atoms with Crippen LogP contribution in [0.3, 0.4) is 0 Å². The molecule has 2 aromatic heterocycles. The summed E-state index contributed by atoms with van der Waals surface area (Å²) in [5.74, 6) is 3.49. The van der Waals surface area contributed by atoms with Crippen LogP contribution in [0.1, 0.15) is 33.0 Å². The molecule has 1 aliphatic heterocycles. The van der Waals surface area contributed by atoms with E-state index in [9.17, 15) is 0 Å².